The maximum Gasteiger partial charge on any atom is 0.176 e. The monoisotopic (exact) mass is 411 g/mol. The first-order chi connectivity index (χ1) is 14.5. The zero-order chi connectivity index (χ0) is 21.1. The van der Waals surface area contributed by atoms with Crippen LogP contribution < -0.4 is 5.32 Å². The molecule has 5 atom stereocenters. The topological polar surface area (TPSA) is 57.2 Å². The fraction of sp³-hybridized carbons (Fsp3) is 0.500. The van der Waals surface area contributed by atoms with E-state index in [4.69, 9.17) is 9.47 Å². The highest BCUT2D eigenvalue weighted by molar-refractivity contribution is 5.63. The third-order valence-electron chi connectivity index (χ3n) is 6.14. The number of nitrogens with one attached hydrogen (secondary N) is 1. The molecule has 6 heteroatoms. The average Bonchev–Trinajstić information content (AvgIpc) is 3.18. The Hall–Kier alpha value is -1.80. The van der Waals surface area contributed by atoms with Crippen molar-refractivity contribution in [3.8, 4) is 11.1 Å². The molecule has 2 aliphatic heterocycles. The van der Waals surface area contributed by atoms with Crippen molar-refractivity contribution in [1.82, 2.24) is 15.1 Å². The van der Waals surface area contributed by atoms with Gasteiger partial charge in [-0.25, -0.2) is 0 Å². The predicted octanol–water partition coefficient (Wildman–Crippen LogP) is 1.79. The van der Waals surface area contributed by atoms with Gasteiger partial charge in [-0.2, -0.15) is 0 Å². The van der Waals surface area contributed by atoms with Crippen LogP contribution in [0, 0.1) is 0 Å². The SMILES string of the molecule is CN(C)CCN(C)[C@H]1[C@@H]2OC[C@@H](O2)[C@@H](NCc2ccc(-c3ccccc3)cc2)[C@@H]1O. The van der Waals surface area contributed by atoms with Gasteiger partial charge in [-0.3, -0.25) is 4.90 Å². The lowest BCUT2D eigenvalue weighted by Crippen LogP contribution is -2.64. The summed E-state index contributed by atoms with van der Waals surface area (Å²) in [5.74, 6) is 0. The van der Waals surface area contributed by atoms with Crippen molar-refractivity contribution < 1.29 is 14.6 Å². The third-order valence-corrected chi connectivity index (χ3v) is 6.14. The van der Waals surface area contributed by atoms with Gasteiger partial charge in [0.05, 0.1) is 24.8 Å². The minimum atomic E-state index is -0.549. The summed E-state index contributed by atoms with van der Waals surface area (Å²) in [5.41, 5.74) is 3.60. The lowest BCUT2D eigenvalue weighted by atomic mass is 9.94. The first-order valence-electron chi connectivity index (χ1n) is 10.7. The van der Waals surface area contributed by atoms with Crippen LogP contribution in [0.25, 0.3) is 11.1 Å². The van der Waals surface area contributed by atoms with Gasteiger partial charge in [0.1, 0.15) is 6.10 Å². The van der Waals surface area contributed by atoms with E-state index in [2.05, 4.69) is 77.7 Å². The summed E-state index contributed by atoms with van der Waals surface area (Å²) in [5, 5.41) is 14.7. The number of nitrogens with zero attached hydrogens (tertiary/aromatic N) is 2. The van der Waals surface area contributed by atoms with Crippen molar-refractivity contribution in [2.75, 3.05) is 40.8 Å². The molecule has 2 fully saturated rings. The van der Waals surface area contributed by atoms with E-state index in [0.29, 0.717) is 13.2 Å². The Balaban J connectivity index is 1.39. The molecule has 2 aliphatic rings. The van der Waals surface area contributed by atoms with Crippen molar-refractivity contribution in [2.45, 2.75) is 37.1 Å². The van der Waals surface area contributed by atoms with Gasteiger partial charge in [0, 0.05) is 19.6 Å². The zero-order valence-electron chi connectivity index (χ0n) is 18.1. The Morgan fingerprint density at radius 3 is 2.37 bits per heavy atom. The molecule has 0 aliphatic carbocycles. The fourth-order valence-electron chi connectivity index (χ4n) is 4.31. The van der Waals surface area contributed by atoms with Gasteiger partial charge >= 0.3 is 0 Å². The lowest BCUT2D eigenvalue weighted by molar-refractivity contribution is -0.179. The van der Waals surface area contributed by atoms with Gasteiger partial charge in [0.15, 0.2) is 6.29 Å². The Morgan fingerprint density at radius 1 is 0.967 bits per heavy atom. The normalized spacial score (nSPS) is 28.4. The van der Waals surface area contributed by atoms with E-state index in [-0.39, 0.29) is 24.5 Å². The van der Waals surface area contributed by atoms with Crippen LogP contribution in [-0.4, -0.2) is 86.3 Å². The van der Waals surface area contributed by atoms with Crippen LogP contribution in [0.1, 0.15) is 5.56 Å². The molecule has 0 unspecified atom stereocenters. The van der Waals surface area contributed by atoms with Crippen LogP contribution in [0.4, 0.5) is 0 Å². The molecule has 30 heavy (non-hydrogen) atoms. The van der Waals surface area contributed by atoms with Crippen molar-refractivity contribution in [1.29, 1.82) is 0 Å². The van der Waals surface area contributed by atoms with E-state index in [0.717, 1.165) is 13.1 Å². The maximum atomic E-state index is 11.1. The van der Waals surface area contributed by atoms with E-state index < -0.39 is 6.10 Å². The number of likely N-dealkylation sites (N-methyl/N-ethyl adjacent to an activating group) is 2. The molecule has 2 aromatic rings. The summed E-state index contributed by atoms with van der Waals surface area (Å²) in [6.45, 7) is 2.96. The van der Waals surface area contributed by atoms with Gasteiger partial charge in [-0.05, 0) is 37.8 Å². The molecule has 2 aromatic carbocycles. The van der Waals surface area contributed by atoms with Crippen LogP contribution in [0.15, 0.2) is 54.6 Å². The number of hydrogen-bond acceptors (Lipinski definition) is 6. The quantitative estimate of drug-likeness (QED) is 0.691. The number of aliphatic hydroxyl groups is 1. The van der Waals surface area contributed by atoms with Crippen LogP contribution in [-0.2, 0) is 16.0 Å². The highest BCUT2D eigenvalue weighted by Crippen LogP contribution is 2.31. The molecule has 0 spiro atoms. The molecule has 2 saturated heterocycles. The summed E-state index contributed by atoms with van der Waals surface area (Å²) >= 11 is 0. The molecule has 0 radical (unpaired) electrons. The smallest absolute Gasteiger partial charge is 0.176 e. The van der Waals surface area contributed by atoms with Gasteiger partial charge in [0.2, 0.25) is 0 Å². The summed E-state index contributed by atoms with van der Waals surface area (Å²) in [6.07, 6.45) is -1.03. The molecule has 0 aromatic heterocycles. The fourth-order valence-corrected chi connectivity index (χ4v) is 4.31. The van der Waals surface area contributed by atoms with E-state index in [1.54, 1.807) is 0 Å². The summed E-state index contributed by atoms with van der Waals surface area (Å²) in [4.78, 5) is 4.29. The lowest BCUT2D eigenvalue weighted by Gasteiger charge is -2.43. The molecule has 6 nitrogen and oxygen atoms in total. The van der Waals surface area contributed by atoms with Crippen LogP contribution in [0.5, 0.6) is 0 Å². The molecule has 2 N–H and O–H groups in total. The molecular weight excluding hydrogens is 378 g/mol. The Morgan fingerprint density at radius 2 is 1.67 bits per heavy atom. The Bertz CT molecular complexity index is 799. The molecule has 0 saturated carbocycles. The molecule has 0 amide bonds. The predicted molar refractivity (Wildman–Crippen MR) is 118 cm³/mol. The van der Waals surface area contributed by atoms with E-state index in [1.165, 1.54) is 16.7 Å². The highest BCUT2D eigenvalue weighted by Gasteiger charge is 2.51. The van der Waals surface area contributed by atoms with Crippen LogP contribution >= 0.6 is 0 Å². The van der Waals surface area contributed by atoms with E-state index in [9.17, 15) is 5.11 Å². The minimum Gasteiger partial charge on any atom is -0.390 e. The summed E-state index contributed by atoms with van der Waals surface area (Å²) in [7, 11) is 6.14. The molecule has 2 heterocycles. The number of hydrogen-bond donors (Lipinski definition) is 2. The average molecular weight is 412 g/mol. The summed E-state index contributed by atoms with van der Waals surface area (Å²) in [6, 6.07) is 18.6. The van der Waals surface area contributed by atoms with Crippen molar-refractivity contribution in [3.05, 3.63) is 60.2 Å². The number of aliphatic hydroxyl groups excluding tert-OH is 1. The largest absolute Gasteiger partial charge is 0.390 e. The van der Waals surface area contributed by atoms with Gasteiger partial charge < -0.3 is 24.8 Å². The van der Waals surface area contributed by atoms with Gasteiger partial charge in [-0.1, -0.05) is 54.6 Å². The van der Waals surface area contributed by atoms with Crippen molar-refractivity contribution in [3.63, 3.8) is 0 Å². The first kappa shape index (κ1) is 21.4. The zero-order valence-corrected chi connectivity index (χ0v) is 18.1. The summed E-state index contributed by atoms with van der Waals surface area (Å²) < 4.78 is 11.9. The number of benzene rings is 2. The second-order valence-electron chi connectivity index (χ2n) is 8.61. The van der Waals surface area contributed by atoms with E-state index >= 15 is 0 Å². The Labute approximate surface area is 179 Å². The molecule has 162 valence electrons. The first-order valence-corrected chi connectivity index (χ1v) is 10.7. The number of fused-ring (bicyclic) bond motifs is 2. The highest BCUT2D eigenvalue weighted by atomic mass is 16.7. The van der Waals surface area contributed by atoms with Gasteiger partial charge in [-0.15, -0.1) is 0 Å². The van der Waals surface area contributed by atoms with E-state index in [1.807, 2.05) is 13.1 Å². The third kappa shape index (κ3) is 4.75. The van der Waals surface area contributed by atoms with Gasteiger partial charge in [0.25, 0.3) is 0 Å². The second kappa shape index (κ2) is 9.56. The van der Waals surface area contributed by atoms with Crippen LogP contribution in [0.3, 0.4) is 0 Å². The van der Waals surface area contributed by atoms with Crippen molar-refractivity contribution in [2.24, 2.45) is 0 Å². The maximum absolute atomic E-state index is 11.1. The Kier molecular flexibility index (Phi) is 6.83. The van der Waals surface area contributed by atoms with Crippen LogP contribution in [0.2, 0.25) is 0 Å². The number of rotatable bonds is 8. The van der Waals surface area contributed by atoms with Crippen molar-refractivity contribution >= 4 is 0 Å². The number of ether oxygens (including phenoxy) is 2. The molecule has 2 bridgehead atoms. The molecular formula is C24H33N3O3. The molecule has 4 rings (SSSR count). The standard InChI is InChI=1S/C24H33N3O3/c1-26(2)13-14-27(3)22-23(28)21(20-16-29-24(22)30-20)25-15-17-9-11-19(12-10-17)18-7-5-4-6-8-18/h4-12,20-25,28H,13-16H2,1-3H3/t20-,21-,22-,23+,24-/m1/s1. The second-order valence-corrected chi connectivity index (χ2v) is 8.61. The minimum absolute atomic E-state index is 0.118.